The summed E-state index contributed by atoms with van der Waals surface area (Å²) in [6.07, 6.45) is 2.08. The van der Waals surface area contributed by atoms with Crippen molar-refractivity contribution in [2.45, 2.75) is 19.8 Å². The monoisotopic (exact) mass is 382 g/mol. The number of piperidine rings is 1. The summed E-state index contributed by atoms with van der Waals surface area (Å²) in [5, 5.41) is 4.01. The van der Waals surface area contributed by atoms with Crippen molar-refractivity contribution in [1.82, 2.24) is 10.2 Å². The predicted octanol–water partition coefficient (Wildman–Crippen LogP) is 4.48. The quantitative estimate of drug-likeness (QED) is 0.828. The second kappa shape index (κ2) is 9.27. The number of amides is 1. The summed E-state index contributed by atoms with van der Waals surface area (Å²) in [7, 11) is 0. The van der Waals surface area contributed by atoms with Crippen LogP contribution in [0.1, 0.15) is 30.3 Å². The molecule has 1 amide bonds. The van der Waals surface area contributed by atoms with Crippen LogP contribution in [-0.4, -0.2) is 37.0 Å². The van der Waals surface area contributed by atoms with Crippen LogP contribution >= 0.6 is 24.0 Å². The van der Waals surface area contributed by atoms with Crippen LogP contribution in [0.2, 0.25) is 5.02 Å². The molecule has 0 spiro atoms. The Bertz CT molecular complexity index is 694. The van der Waals surface area contributed by atoms with Gasteiger partial charge in [0.05, 0.1) is 5.02 Å². The van der Waals surface area contributed by atoms with Gasteiger partial charge in [-0.15, -0.1) is 12.4 Å². The fourth-order valence-corrected chi connectivity index (χ4v) is 3.33. The Morgan fingerprint density at radius 3 is 2.64 bits per heavy atom. The number of carbonyl (C=O) groups is 1. The van der Waals surface area contributed by atoms with Crippen molar-refractivity contribution in [2.24, 2.45) is 5.92 Å². The van der Waals surface area contributed by atoms with Crippen LogP contribution in [-0.2, 0) is 0 Å². The molecule has 1 aromatic heterocycles. The van der Waals surface area contributed by atoms with Gasteiger partial charge in [0.15, 0.2) is 5.76 Å². The van der Waals surface area contributed by atoms with Gasteiger partial charge in [-0.25, -0.2) is 0 Å². The first kappa shape index (κ1) is 19.8. The number of furan rings is 1. The minimum atomic E-state index is -0.0322. The van der Waals surface area contributed by atoms with Crippen LogP contribution < -0.4 is 5.32 Å². The Labute approximate surface area is 159 Å². The Hall–Kier alpha value is -1.49. The molecule has 1 N–H and O–H groups in total. The van der Waals surface area contributed by atoms with Gasteiger partial charge >= 0.3 is 0 Å². The molecule has 25 heavy (non-hydrogen) atoms. The van der Waals surface area contributed by atoms with E-state index in [1.165, 1.54) is 0 Å². The Balaban J connectivity index is 0.00000225. The largest absolute Gasteiger partial charge is 0.451 e. The maximum Gasteiger partial charge on any atom is 0.289 e. The molecule has 1 aliphatic rings. The van der Waals surface area contributed by atoms with E-state index in [9.17, 15) is 4.79 Å². The van der Waals surface area contributed by atoms with Crippen LogP contribution in [0.5, 0.6) is 0 Å². The highest BCUT2D eigenvalue weighted by atomic mass is 35.5. The molecule has 1 saturated heterocycles. The molecule has 0 unspecified atom stereocenters. The molecule has 136 valence electrons. The second-order valence-corrected chi connectivity index (χ2v) is 6.59. The third kappa shape index (κ3) is 4.78. The summed E-state index contributed by atoms with van der Waals surface area (Å²) < 4.78 is 5.77. The van der Waals surface area contributed by atoms with Gasteiger partial charge in [0, 0.05) is 18.7 Å². The van der Waals surface area contributed by atoms with Crippen molar-refractivity contribution in [3.05, 3.63) is 47.2 Å². The number of hydrogen-bond donors (Lipinski definition) is 1. The first-order valence-electron chi connectivity index (χ1n) is 8.53. The van der Waals surface area contributed by atoms with Crippen LogP contribution in [0, 0.1) is 5.92 Å². The third-order valence-corrected chi connectivity index (χ3v) is 4.87. The first-order chi connectivity index (χ1) is 11.7. The number of likely N-dealkylation sites (tertiary alicyclic amines) is 1. The van der Waals surface area contributed by atoms with Crippen LogP contribution in [0.25, 0.3) is 11.3 Å². The zero-order valence-electron chi connectivity index (χ0n) is 14.3. The number of nitrogens with one attached hydrogen (secondary N) is 1. The number of hydrogen-bond acceptors (Lipinski definition) is 3. The molecule has 6 heteroatoms. The third-order valence-electron chi connectivity index (χ3n) is 4.54. The van der Waals surface area contributed by atoms with Crippen molar-refractivity contribution in [2.75, 3.05) is 26.2 Å². The van der Waals surface area contributed by atoms with Crippen molar-refractivity contribution >= 4 is 29.9 Å². The molecule has 2 heterocycles. The van der Waals surface area contributed by atoms with E-state index in [1.54, 1.807) is 6.07 Å². The van der Waals surface area contributed by atoms with Gasteiger partial charge in [-0.2, -0.15) is 0 Å². The molecule has 0 saturated carbocycles. The van der Waals surface area contributed by atoms with Gasteiger partial charge in [0.1, 0.15) is 5.76 Å². The molecule has 3 rings (SSSR count). The second-order valence-electron chi connectivity index (χ2n) is 6.19. The van der Waals surface area contributed by atoms with E-state index in [0.717, 1.165) is 44.6 Å². The van der Waals surface area contributed by atoms with Crippen molar-refractivity contribution in [3.8, 4) is 11.3 Å². The molecular weight excluding hydrogens is 359 g/mol. The Kier molecular flexibility index (Phi) is 7.36. The zero-order chi connectivity index (χ0) is 16.9. The highest BCUT2D eigenvalue weighted by Gasteiger charge is 2.25. The lowest BCUT2D eigenvalue weighted by atomic mass is 9.96. The van der Waals surface area contributed by atoms with Crippen molar-refractivity contribution < 1.29 is 9.21 Å². The highest BCUT2D eigenvalue weighted by Crippen LogP contribution is 2.29. The van der Waals surface area contributed by atoms with E-state index in [0.29, 0.717) is 22.5 Å². The molecule has 0 bridgehead atoms. The fourth-order valence-electron chi connectivity index (χ4n) is 3.10. The number of halogens is 2. The normalized spacial score (nSPS) is 15.0. The lowest BCUT2D eigenvalue weighted by Crippen LogP contribution is -2.40. The number of carbonyl (C=O) groups excluding carboxylic acids is 1. The molecule has 4 nitrogen and oxygen atoms in total. The smallest absolute Gasteiger partial charge is 0.289 e. The van der Waals surface area contributed by atoms with Crippen LogP contribution in [0.15, 0.2) is 40.8 Å². The molecule has 0 radical (unpaired) electrons. The molecule has 0 atom stereocenters. The predicted molar refractivity (Wildman–Crippen MR) is 104 cm³/mol. The number of rotatable bonds is 5. The van der Waals surface area contributed by atoms with Gasteiger partial charge in [0.2, 0.25) is 0 Å². The molecule has 1 aliphatic heterocycles. The molecule has 1 fully saturated rings. The van der Waals surface area contributed by atoms with E-state index < -0.39 is 0 Å². The lowest BCUT2D eigenvalue weighted by Gasteiger charge is -2.31. The summed E-state index contributed by atoms with van der Waals surface area (Å²) in [5.74, 6) is 1.64. The Morgan fingerprint density at radius 2 is 1.96 bits per heavy atom. The standard InChI is InChI=1S/C19H23ClN2O2.ClH/c1-2-21-13-14-9-11-22(12-10-14)19(23)18-8-7-17(24-18)15-5-3-4-6-16(15)20;/h3-8,14,21H,2,9-13H2,1H3;1H. The summed E-state index contributed by atoms with van der Waals surface area (Å²) in [4.78, 5) is 14.5. The van der Waals surface area contributed by atoms with Gasteiger partial charge < -0.3 is 14.6 Å². The van der Waals surface area contributed by atoms with E-state index >= 15 is 0 Å². The summed E-state index contributed by atoms with van der Waals surface area (Å²) in [6.45, 7) is 5.73. The lowest BCUT2D eigenvalue weighted by molar-refractivity contribution is 0.0659. The first-order valence-corrected chi connectivity index (χ1v) is 8.91. The Morgan fingerprint density at radius 1 is 1.24 bits per heavy atom. The van der Waals surface area contributed by atoms with Gasteiger partial charge in [-0.3, -0.25) is 4.79 Å². The minimum absolute atomic E-state index is 0. The van der Waals surface area contributed by atoms with E-state index in [1.807, 2.05) is 35.2 Å². The summed E-state index contributed by atoms with van der Waals surface area (Å²) >= 11 is 6.19. The minimum Gasteiger partial charge on any atom is -0.451 e. The van der Waals surface area contributed by atoms with Crippen LogP contribution in [0.3, 0.4) is 0 Å². The molecule has 2 aromatic rings. The maximum atomic E-state index is 12.6. The number of nitrogens with zero attached hydrogens (tertiary/aromatic N) is 1. The van der Waals surface area contributed by atoms with Crippen LogP contribution in [0.4, 0.5) is 0 Å². The average Bonchev–Trinajstić information content (AvgIpc) is 3.10. The topological polar surface area (TPSA) is 45.5 Å². The SMILES string of the molecule is CCNCC1CCN(C(=O)c2ccc(-c3ccccc3Cl)o2)CC1.Cl. The molecule has 0 aliphatic carbocycles. The molecule has 1 aromatic carbocycles. The van der Waals surface area contributed by atoms with Gasteiger partial charge in [0.25, 0.3) is 5.91 Å². The fraction of sp³-hybridized carbons (Fsp3) is 0.421. The average molecular weight is 383 g/mol. The summed E-state index contributed by atoms with van der Waals surface area (Å²) in [6, 6.07) is 11.0. The van der Waals surface area contributed by atoms with E-state index in [-0.39, 0.29) is 18.3 Å². The van der Waals surface area contributed by atoms with E-state index in [2.05, 4.69) is 12.2 Å². The van der Waals surface area contributed by atoms with Gasteiger partial charge in [-0.1, -0.05) is 30.7 Å². The van der Waals surface area contributed by atoms with Gasteiger partial charge in [-0.05, 0) is 56.1 Å². The van der Waals surface area contributed by atoms with Crippen molar-refractivity contribution in [1.29, 1.82) is 0 Å². The zero-order valence-corrected chi connectivity index (χ0v) is 15.9. The van der Waals surface area contributed by atoms with E-state index in [4.69, 9.17) is 16.0 Å². The van der Waals surface area contributed by atoms with Crippen molar-refractivity contribution in [3.63, 3.8) is 0 Å². The highest BCUT2D eigenvalue weighted by molar-refractivity contribution is 6.33. The summed E-state index contributed by atoms with van der Waals surface area (Å²) in [5.41, 5.74) is 0.808. The number of benzene rings is 1. The maximum absolute atomic E-state index is 12.6. The molecular formula is C19H24Cl2N2O2.